The van der Waals surface area contributed by atoms with E-state index in [4.69, 9.17) is 20.2 Å². The second-order valence-corrected chi connectivity index (χ2v) is 10.6. The molecule has 9 nitrogen and oxygen atoms in total. The van der Waals surface area contributed by atoms with Gasteiger partial charge in [0, 0.05) is 30.7 Å². The van der Waals surface area contributed by atoms with Gasteiger partial charge in [0.2, 0.25) is 5.95 Å². The van der Waals surface area contributed by atoms with E-state index in [1.165, 1.54) is 25.5 Å². The van der Waals surface area contributed by atoms with Gasteiger partial charge in [-0.25, -0.2) is 0 Å². The van der Waals surface area contributed by atoms with Gasteiger partial charge in [-0.2, -0.15) is 9.97 Å². The second kappa shape index (κ2) is 15.0. The molecule has 1 aromatic carbocycles. The van der Waals surface area contributed by atoms with Gasteiger partial charge in [-0.05, 0) is 72.0 Å². The average molecular weight is 612 g/mol. The van der Waals surface area contributed by atoms with Crippen molar-refractivity contribution in [2.75, 3.05) is 22.3 Å². The molecular formula is C24H34IN6O3P. The van der Waals surface area contributed by atoms with Crippen LogP contribution >= 0.6 is 28.4 Å². The predicted octanol–water partition coefficient (Wildman–Crippen LogP) is 6.73. The Hall–Kier alpha value is -2.20. The van der Waals surface area contributed by atoms with Crippen LogP contribution in [0.3, 0.4) is 0 Å². The fourth-order valence-corrected chi connectivity index (χ4v) is 5.08. The van der Waals surface area contributed by atoms with Crippen LogP contribution in [0.2, 0.25) is 0 Å². The molecule has 0 spiro atoms. The highest BCUT2D eigenvalue weighted by Gasteiger charge is 2.18. The lowest BCUT2D eigenvalue weighted by Gasteiger charge is -2.25. The Bertz CT molecular complexity index is 957. The second-order valence-electron chi connectivity index (χ2n) is 8.56. The van der Waals surface area contributed by atoms with E-state index in [0.717, 1.165) is 43.5 Å². The zero-order valence-electron chi connectivity index (χ0n) is 19.8. The fourth-order valence-electron chi connectivity index (χ4n) is 4.04. The van der Waals surface area contributed by atoms with Crippen LogP contribution in [0.25, 0.3) is 0 Å². The van der Waals surface area contributed by atoms with Crippen LogP contribution in [0.5, 0.6) is 5.75 Å². The summed E-state index contributed by atoms with van der Waals surface area (Å²) in [7, 11) is 0. The monoisotopic (exact) mass is 612 g/mol. The van der Waals surface area contributed by atoms with Gasteiger partial charge in [0.1, 0.15) is 17.4 Å². The Kier molecular flexibility index (Phi) is 11.8. The summed E-state index contributed by atoms with van der Waals surface area (Å²) in [5, 5.41) is 26.7. The van der Waals surface area contributed by atoms with Gasteiger partial charge < -0.3 is 31.0 Å². The Morgan fingerprint density at radius 3 is 2.51 bits per heavy atom. The molecule has 1 aromatic heterocycles. The van der Waals surface area contributed by atoms with Gasteiger partial charge in [0.05, 0.1) is 12.2 Å². The van der Waals surface area contributed by atoms with E-state index in [9.17, 15) is 4.79 Å². The highest BCUT2D eigenvalue weighted by molar-refractivity contribution is 14.2. The molecule has 1 aliphatic carbocycles. The zero-order valence-corrected chi connectivity index (χ0v) is 22.9. The van der Waals surface area contributed by atoms with Gasteiger partial charge in [0.25, 0.3) is 0 Å². The molecule has 2 aromatic rings. The minimum absolute atomic E-state index is 0.233. The van der Waals surface area contributed by atoms with Gasteiger partial charge in [-0.1, -0.05) is 32.1 Å². The normalized spacial score (nSPS) is 14.1. The number of nitrogens with zero attached hydrogens (tertiary/aromatic N) is 2. The van der Waals surface area contributed by atoms with Gasteiger partial charge >= 0.3 is 5.97 Å². The molecule has 3 rings (SSSR count). The van der Waals surface area contributed by atoms with E-state index in [0.29, 0.717) is 48.6 Å². The average Bonchev–Trinajstić information content (AvgIpc) is 2.85. The van der Waals surface area contributed by atoms with Crippen LogP contribution in [-0.2, 0) is 4.79 Å². The van der Waals surface area contributed by atoms with Crippen molar-refractivity contribution in [1.29, 1.82) is 5.41 Å². The molecule has 0 saturated heterocycles. The largest absolute Gasteiger partial charge is 0.494 e. The van der Waals surface area contributed by atoms with Crippen molar-refractivity contribution >= 4 is 63.9 Å². The van der Waals surface area contributed by atoms with Crippen molar-refractivity contribution in [3.63, 3.8) is 0 Å². The number of benzene rings is 1. The summed E-state index contributed by atoms with van der Waals surface area (Å²) in [6, 6.07) is 8.04. The van der Waals surface area contributed by atoms with Crippen molar-refractivity contribution in [1.82, 2.24) is 9.97 Å². The lowest BCUT2D eigenvalue weighted by molar-refractivity contribution is -0.137. The maximum Gasteiger partial charge on any atom is 0.303 e. The first-order chi connectivity index (χ1) is 17.1. The number of hydrogen-bond donors (Lipinski definition) is 5. The number of halogens is 1. The maximum atomic E-state index is 10.5. The van der Waals surface area contributed by atoms with Crippen molar-refractivity contribution in [2.45, 2.75) is 70.3 Å². The van der Waals surface area contributed by atoms with Gasteiger partial charge in [0.15, 0.2) is 0 Å². The lowest BCUT2D eigenvalue weighted by Crippen LogP contribution is -2.24. The molecule has 0 aliphatic heterocycles. The summed E-state index contributed by atoms with van der Waals surface area (Å²) in [6.07, 6.45) is 11.4. The molecule has 1 fully saturated rings. The van der Waals surface area contributed by atoms with Crippen LogP contribution < -0.4 is 20.5 Å². The van der Waals surface area contributed by atoms with Crippen LogP contribution in [0, 0.1) is 5.41 Å². The zero-order chi connectivity index (χ0) is 24.9. The van der Waals surface area contributed by atoms with Crippen LogP contribution in [-0.4, -0.2) is 39.9 Å². The number of anilines is 4. The first kappa shape index (κ1) is 27.4. The van der Waals surface area contributed by atoms with Gasteiger partial charge in [-0.15, -0.1) is 0 Å². The number of carbonyl (C=O) groups is 1. The highest BCUT2D eigenvalue weighted by Crippen LogP contribution is 2.31. The number of rotatable bonds is 15. The van der Waals surface area contributed by atoms with Crippen LogP contribution in [0.15, 0.2) is 24.3 Å². The summed E-state index contributed by atoms with van der Waals surface area (Å²) in [4.78, 5) is 19.8. The summed E-state index contributed by atoms with van der Waals surface area (Å²) in [6.45, 7) is 0.607. The number of ether oxygens (including phenoxy) is 1. The molecule has 1 saturated carbocycles. The van der Waals surface area contributed by atoms with Gasteiger partial charge in [-0.3, -0.25) is 4.79 Å². The minimum atomic E-state index is -0.736. The SMILES string of the molecule is N=Cc1c(NPI)nc(Nc2ccc(OCCCCCCC(=O)O)cc2)nc1NC1CCCCC1. The van der Waals surface area contributed by atoms with E-state index in [2.05, 4.69) is 42.7 Å². The van der Waals surface area contributed by atoms with Crippen molar-refractivity contribution < 1.29 is 14.6 Å². The molecule has 1 heterocycles. The third kappa shape index (κ3) is 9.40. The number of nitrogens with one attached hydrogen (secondary N) is 4. The Morgan fingerprint density at radius 2 is 1.83 bits per heavy atom. The van der Waals surface area contributed by atoms with Crippen LogP contribution in [0.4, 0.5) is 23.3 Å². The van der Waals surface area contributed by atoms with E-state index in [1.807, 2.05) is 24.3 Å². The molecule has 35 heavy (non-hydrogen) atoms. The molecule has 1 aliphatic rings. The highest BCUT2D eigenvalue weighted by atomic mass is 127. The Morgan fingerprint density at radius 1 is 1.11 bits per heavy atom. The summed E-state index contributed by atoms with van der Waals surface area (Å²) in [5.74, 6) is 1.85. The molecule has 1 atom stereocenters. The third-order valence-corrected chi connectivity index (χ3v) is 7.01. The minimum Gasteiger partial charge on any atom is -0.494 e. The molecule has 11 heteroatoms. The topological polar surface area (TPSA) is 132 Å². The Labute approximate surface area is 221 Å². The first-order valence-corrected chi connectivity index (χ1v) is 16.2. The molecular weight excluding hydrogens is 578 g/mol. The number of carboxylic acids is 1. The first-order valence-electron chi connectivity index (χ1n) is 12.1. The van der Waals surface area contributed by atoms with Crippen LogP contribution in [0.1, 0.15) is 69.8 Å². The van der Waals surface area contributed by atoms with E-state index >= 15 is 0 Å². The maximum absolute atomic E-state index is 10.5. The smallest absolute Gasteiger partial charge is 0.303 e. The van der Waals surface area contributed by atoms with E-state index < -0.39 is 5.97 Å². The van der Waals surface area contributed by atoms with Crippen molar-refractivity contribution in [3.8, 4) is 5.75 Å². The molecule has 0 amide bonds. The molecule has 0 bridgehead atoms. The Balaban J connectivity index is 1.59. The summed E-state index contributed by atoms with van der Waals surface area (Å²) in [5.41, 5.74) is 1.53. The standard InChI is InChI=1S/C24H34IN6O3P/c25-35-31-23-20(16-26)22(27-17-8-4-3-5-9-17)29-24(30-23)28-18-11-13-19(14-12-18)34-15-7-2-1-6-10-21(32)33/h11-14,16-17,26,35H,1-10,15H2,(H,32,33)(H3,27,28,29,30,31). The fraction of sp³-hybridized carbons (Fsp3) is 0.500. The van der Waals surface area contributed by atoms with E-state index in [-0.39, 0.29) is 6.42 Å². The lowest BCUT2D eigenvalue weighted by atomic mass is 9.95. The summed E-state index contributed by atoms with van der Waals surface area (Å²) < 4.78 is 5.80. The van der Waals surface area contributed by atoms with Crippen molar-refractivity contribution in [3.05, 3.63) is 29.8 Å². The molecule has 1 unspecified atom stereocenters. The van der Waals surface area contributed by atoms with Crippen molar-refractivity contribution in [2.24, 2.45) is 0 Å². The number of hydrogen-bond acceptors (Lipinski definition) is 8. The number of unbranched alkanes of at least 4 members (excludes halogenated alkanes) is 3. The molecule has 190 valence electrons. The van der Waals surface area contributed by atoms with E-state index in [1.54, 1.807) is 0 Å². The number of aliphatic carboxylic acids is 1. The third-order valence-electron chi connectivity index (χ3n) is 5.87. The summed E-state index contributed by atoms with van der Waals surface area (Å²) >= 11 is 2.26. The number of carboxylic acid groups (broad SMARTS) is 1. The molecule has 5 N–H and O–H groups in total. The quantitative estimate of drug-likeness (QED) is 0.0648. The number of aromatic nitrogens is 2. The predicted molar refractivity (Wildman–Crippen MR) is 152 cm³/mol. The molecule has 0 radical (unpaired) electrons.